The number of imidazole rings is 1. The van der Waals surface area contributed by atoms with Crippen LogP contribution in [0.25, 0.3) is 11.0 Å². The van der Waals surface area contributed by atoms with E-state index in [4.69, 9.17) is 10.7 Å². The fraction of sp³-hybridized carbons (Fsp3) is 0.263. The zero-order valence-electron chi connectivity index (χ0n) is 14.2. The van der Waals surface area contributed by atoms with Gasteiger partial charge in [0.25, 0.3) is 5.91 Å². The van der Waals surface area contributed by atoms with Gasteiger partial charge in [0.1, 0.15) is 5.82 Å². The molecule has 0 aliphatic rings. The van der Waals surface area contributed by atoms with Crippen LogP contribution in [-0.4, -0.2) is 15.5 Å². The number of benzene rings is 2. The predicted molar refractivity (Wildman–Crippen MR) is 96.9 cm³/mol. The lowest BCUT2D eigenvalue weighted by atomic mass is 10.1. The Labute approximate surface area is 141 Å². The molecule has 0 spiro atoms. The smallest absolute Gasteiger partial charge is 0.252 e. The van der Waals surface area contributed by atoms with Crippen LogP contribution in [0.15, 0.2) is 42.5 Å². The number of carbonyl (C=O) groups excluding carboxylic acids is 1. The number of aromatic nitrogens is 2. The SMILES string of the molecule is CCn1c(C(C)NC(=O)c2cc(N)ccc2C)nc2ccccc21. The molecule has 1 amide bonds. The Hall–Kier alpha value is -2.82. The van der Waals surface area contributed by atoms with E-state index in [-0.39, 0.29) is 11.9 Å². The summed E-state index contributed by atoms with van der Waals surface area (Å²) in [4.78, 5) is 17.3. The molecule has 0 saturated heterocycles. The molecule has 124 valence electrons. The lowest BCUT2D eigenvalue weighted by molar-refractivity contribution is 0.0937. The lowest BCUT2D eigenvalue weighted by Crippen LogP contribution is -2.29. The molecule has 5 nitrogen and oxygen atoms in total. The average Bonchev–Trinajstić information content (AvgIpc) is 2.95. The summed E-state index contributed by atoms with van der Waals surface area (Å²) >= 11 is 0. The van der Waals surface area contributed by atoms with E-state index in [1.165, 1.54) is 0 Å². The van der Waals surface area contributed by atoms with Gasteiger partial charge < -0.3 is 15.6 Å². The van der Waals surface area contributed by atoms with Crippen molar-refractivity contribution in [3.05, 3.63) is 59.4 Å². The Morgan fingerprint density at radius 3 is 2.79 bits per heavy atom. The zero-order chi connectivity index (χ0) is 17.3. The Bertz CT molecular complexity index is 898. The molecular formula is C19H22N4O. The Kier molecular flexibility index (Phi) is 4.25. The molecule has 0 aliphatic carbocycles. The molecule has 24 heavy (non-hydrogen) atoms. The first-order valence-corrected chi connectivity index (χ1v) is 8.13. The topological polar surface area (TPSA) is 72.9 Å². The third kappa shape index (κ3) is 2.85. The van der Waals surface area contributed by atoms with Crippen LogP contribution in [0.3, 0.4) is 0 Å². The minimum absolute atomic E-state index is 0.137. The van der Waals surface area contributed by atoms with Crippen molar-refractivity contribution >= 4 is 22.6 Å². The first-order valence-electron chi connectivity index (χ1n) is 8.13. The average molecular weight is 322 g/mol. The fourth-order valence-corrected chi connectivity index (χ4v) is 2.98. The second kappa shape index (κ2) is 6.35. The summed E-state index contributed by atoms with van der Waals surface area (Å²) in [5.74, 6) is 0.718. The van der Waals surface area contributed by atoms with E-state index in [0.29, 0.717) is 11.3 Å². The Morgan fingerprint density at radius 1 is 1.29 bits per heavy atom. The van der Waals surface area contributed by atoms with E-state index in [1.807, 2.05) is 44.2 Å². The van der Waals surface area contributed by atoms with Gasteiger partial charge in [-0.1, -0.05) is 18.2 Å². The van der Waals surface area contributed by atoms with Gasteiger partial charge in [0.15, 0.2) is 0 Å². The molecule has 3 aromatic rings. The number of fused-ring (bicyclic) bond motifs is 1. The molecule has 0 saturated carbocycles. The monoisotopic (exact) mass is 322 g/mol. The lowest BCUT2D eigenvalue weighted by Gasteiger charge is -2.16. The fourth-order valence-electron chi connectivity index (χ4n) is 2.98. The summed E-state index contributed by atoms with van der Waals surface area (Å²) in [6, 6.07) is 13.2. The van der Waals surface area contributed by atoms with E-state index in [9.17, 15) is 4.79 Å². The van der Waals surface area contributed by atoms with E-state index < -0.39 is 0 Å². The highest BCUT2D eigenvalue weighted by Crippen LogP contribution is 2.21. The van der Waals surface area contributed by atoms with Crippen LogP contribution < -0.4 is 11.1 Å². The van der Waals surface area contributed by atoms with Crippen molar-refractivity contribution in [1.82, 2.24) is 14.9 Å². The summed E-state index contributed by atoms with van der Waals surface area (Å²) in [6.07, 6.45) is 0. The van der Waals surface area contributed by atoms with E-state index in [2.05, 4.69) is 16.8 Å². The molecule has 5 heteroatoms. The number of amides is 1. The van der Waals surface area contributed by atoms with Gasteiger partial charge in [0.2, 0.25) is 0 Å². The van der Waals surface area contributed by atoms with Crippen LogP contribution >= 0.6 is 0 Å². The quantitative estimate of drug-likeness (QED) is 0.723. The molecular weight excluding hydrogens is 300 g/mol. The number of para-hydroxylation sites is 2. The molecule has 0 bridgehead atoms. The second-order valence-corrected chi connectivity index (χ2v) is 5.97. The molecule has 1 heterocycles. The van der Waals surface area contributed by atoms with Crippen LogP contribution in [0.4, 0.5) is 5.69 Å². The minimum atomic E-state index is -0.203. The molecule has 3 rings (SSSR count). The summed E-state index contributed by atoms with van der Waals surface area (Å²) in [7, 11) is 0. The number of anilines is 1. The standard InChI is InChI=1S/C19H22N4O/c1-4-23-17-8-6-5-7-16(17)22-18(23)13(3)21-19(24)15-11-14(20)10-9-12(15)2/h5-11,13H,4,20H2,1-3H3,(H,21,24). The second-order valence-electron chi connectivity index (χ2n) is 5.97. The highest BCUT2D eigenvalue weighted by Gasteiger charge is 2.19. The van der Waals surface area contributed by atoms with E-state index >= 15 is 0 Å². The number of aryl methyl sites for hydroxylation is 2. The summed E-state index contributed by atoms with van der Waals surface area (Å²) in [5.41, 5.74) is 9.91. The van der Waals surface area contributed by atoms with Gasteiger partial charge in [0.05, 0.1) is 17.1 Å². The number of carbonyl (C=O) groups is 1. The molecule has 0 fully saturated rings. The maximum atomic E-state index is 12.6. The number of nitrogen functional groups attached to an aromatic ring is 1. The van der Waals surface area contributed by atoms with Crippen LogP contribution in [-0.2, 0) is 6.54 Å². The van der Waals surface area contributed by atoms with Crippen molar-refractivity contribution in [2.75, 3.05) is 5.73 Å². The number of nitrogens with two attached hydrogens (primary N) is 1. The van der Waals surface area contributed by atoms with Gasteiger partial charge in [0, 0.05) is 17.8 Å². The zero-order valence-corrected chi connectivity index (χ0v) is 14.2. The summed E-state index contributed by atoms with van der Waals surface area (Å²) < 4.78 is 2.13. The summed E-state index contributed by atoms with van der Waals surface area (Å²) in [5, 5.41) is 3.04. The first-order chi connectivity index (χ1) is 11.5. The maximum Gasteiger partial charge on any atom is 0.252 e. The molecule has 0 aliphatic heterocycles. The van der Waals surface area contributed by atoms with Gasteiger partial charge in [-0.15, -0.1) is 0 Å². The van der Waals surface area contributed by atoms with Crippen molar-refractivity contribution < 1.29 is 4.79 Å². The maximum absolute atomic E-state index is 12.6. The van der Waals surface area contributed by atoms with Gasteiger partial charge >= 0.3 is 0 Å². The third-order valence-electron chi connectivity index (χ3n) is 4.24. The van der Waals surface area contributed by atoms with Crippen LogP contribution in [0.5, 0.6) is 0 Å². The number of hydrogen-bond acceptors (Lipinski definition) is 3. The predicted octanol–water partition coefficient (Wildman–Crippen LogP) is 3.44. The van der Waals surface area contributed by atoms with Crippen molar-refractivity contribution in [2.45, 2.75) is 33.4 Å². The highest BCUT2D eigenvalue weighted by molar-refractivity contribution is 5.96. The Morgan fingerprint density at radius 2 is 2.04 bits per heavy atom. The van der Waals surface area contributed by atoms with Gasteiger partial charge in [-0.3, -0.25) is 4.79 Å². The van der Waals surface area contributed by atoms with Gasteiger partial charge in [-0.25, -0.2) is 4.98 Å². The minimum Gasteiger partial charge on any atom is -0.399 e. The van der Waals surface area contributed by atoms with Crippen molar-refractivity contribution in [3.8, 4) is 0 Å². The number of hydrogen-bond donors (Lipinski definition) is 2. The van der Waals surface area contributed by atoms with Crippen LogP contribution in [0, 0.1) is 6.92 Å². The van der Waals surface area contributed by atoms with E-state index in [1.54, 1.807) is 12.1 Å². The van der Waals surface area contributed by atoms with Crippen molar-refractivity contribution in [3.63, 3.8) is 0 Å². The van der Waals surface area contributed by atoms with Crippen LogP contribution in [0.1, 0.15) is 41.6 Å². The molecule has 2 aromatic carbocycles. The number of nitrogens with zero attached hydrogens (tertiary/aromatic N) is 2. The molecule has 0 radical (unpaired) electrons. The van der Waals surface area contributed by atoms with Crippen LogP contribution in [0.2, 0.25) is 0 Å². The summed E-state index contributed by atoms with van der Waals surface area (Å²) in [6.45, 7) is 6.73. The highest BCUT2D eigenvalue weighted by atomic mass is 16.1. The van der Waals surface area contributed by atoms with Gasteiger partial charge in [-0.05, 0) is 50.6 Å². The van der Waals surface area contributed by atoms with Gasteiger partial charge in [-0.2, -0.15) is 0 Å². The normalized spacial score (nSPS) is 12.3. The molecule has 1 unspecified atom stereocenters. The molecule has 1 atom stereocenters. The first kappa shape index (κ1) is 16.1. The largest absolute Gasteiger partial charge is 0.399 e. The number of nitrogens with one attached hydrogen (secondary N) is 1. The number of rotatable bonds is 4. The molecule has 3 N–H and O–H groups in total. The molecule has 1 aromatic heterocycles. The van der Waals surface area contributed by atoms with E-state index in [0.717, 1.165) is 29.0 Å². The van der Waals surface area contributed by atoms with Crippen molar-refractivity contribution in [1.29, 1.82) is 0 Å². The van der Waals surface area contributed by atoms with Crippen molar-refractivity contribution in [2.24, 2.45) is 0 Å². The third-order valence-corrected chi connectivity index (χ3v) is 4.24. The Balaban J connectivity index is 1.91.